The molecule has 0 saturated carbocycles. The summed E-state index contributed by atoms with van der Waals surface area (Å²) in [4.78, 5) is 18.9. The summed E-state index contributed by atoms with van der Waals surface area (Å²) >= 11 is 0. The first-order valence-electron chi connectivity index (χ1n) is 10.1. The van der Waals surface area contributed by atoms with Gasteiger partial charge in [0.2, 0.25) is 0 Å². The second kappa shape index (κ2) is 8.24. The van der Waals surface area contributed by atoms with Crippen molar-refractivity contribution >= 4 is 29.1 Å². The van der Waals surface area contributed by atoms with E-state index in [9.17, 15) is 4.79 Å². The highest BCUT2D eigenvalue weighted by Crippen LogP contribution is 2.39. The van der Waals surface area contributed by atoms with Gasteiger partial charge in [-0.05, 0) is 75.1 Å². The molecule has 4 nitrogen and oxygen atoms in total. The molecule has 0 atom stereocenters. The number of carbonyl (C=O) groups is 1. The lowest BCUT2D eigenvalue weighted by Crippen LogP contribution is -2.45. The molecule has 0 unspecified atom stereocenters. The Morgan fingerprint density at radius 3 is 2.62 bits per heavy atom. The average Bonchev–Trinajstić information content (AvgIpc) is 2.69. The van der Waals surface area contributed by atoms with Crippen LogP contribution in [0.25, 0.3) is 5.57 Å². The van der Waals surface area contributed by atoms with Crippen molar-refractivity contribution in [3.8, 4) is 0 Å². The minimum atomic E-state index is -0.352. The molecule has 3 rings (SSSR count). The molecule has 4 heteroatoms. The van der Waals surface area contributed by atoms with Crippen LogP contribution in [0, 0.1) is 6.92 Å². The summed E-state index contributed by atoms with van der Waals surface area (Å²) in [5, 5.41) is 0. The van der Waals surface area contributed by atoms with E-state index in [4.69, 9.17) is 4.74 Å². The van der Waals surface area contributed by atoms with E-state index in [0.29, 0.717) is 5.56 Å². The maximum Gasteiger partial charge on any atom is 0.337 e. The Morgan fingerprint density at radius 1 is 1.17 bits per heavy atom. The molecule has 152 valence electrons. The third-order valence-corrected chi connectivity index (χ3v) is 5.43. The molecule has 0 spiro atoms. The van der Waals surface area contributed by atoms with Gasteiger partial charge in [-0.3, -0.25) is 4.99 Å². The van der Waals surface area contributed by atoms with Crippen LogP contribution in [0.1, 0.15) is 61.2 Å². The van der Waals surface area contributed by atoms with Crippen LogP contribution in [-0.4, -0.2) is 31.4 Å². The van der Waals surface area contributed by atoms with Gasteiger partial charge < -0.3 is 9.64 Å². The van der Waals surface area contributed by atoms with E-state index in [2.05, 4.69) is 61.9 Å². The molecule has 0 bridgehead atoms. The highest BCUT2D eigenvalue weighted by atomic mass is 16.5. The highest BCUT2D eigenvalue weighted by molar-refractivity contribution is 5.92. The largest absolute Gasteiger partial charge is 0.465 e. The van der Waals surface area contributed by atoms with Crippen LogP contribution in [0.5, 0.6) is 0 Å². The van der Waals surface area contributed by atoms with E-state index in [1.807, 2.05) is 19.2 Å². The zero-order valence-electron chi connectivity index (χ0n) is 18.2. The fourth-order valence-electron chi connectivity index (χ4n) is 3.95. The van der Waals surface area contributed by atoms with E-state index >= 15 is 0 Å². The first-order chi connectivity index (χ1) is 13.8. The molecule has 1 aliphatic rings. The number of anilines is 1. The first kappa shape index (κ1) is 20.8. The molecule has 0 saturated heterocycles. The summed E-state index contributed by atoms with van der Waals surface area (Å²) in [5.41, 5.74) is 7.15. The van der Waals surface area contributed by atoms with Gasteiger partial charge in [0.25, 0.3) is 0 Å². The third-order valence-electron chi connectivity index (χ3n) is 5.43. The average molecular weight is 391 g/mol. The number of aliphatic imine (C=N–C) groups is 1. The number of esters is 1. The van der Waals surface area contributed by atoms with Crippen LogP contribution in [0.2, 0.25) is 0 Å². The molecule has 0 N–H and O–H groups in total. The summed E-state index contributed by atoms with van der Waals surface area (Å²) in [5.74, 6) is -0.352. The quantitative estimate of drug-likeness (QED) is 0.468. The van der Waals surface area contributed by atoms with Crippen LogP contribution in [0.15, 0.2) is 47.5 Å². The van der Waals surface area contributed by atoms with E-state index in [-0.39, 0.29) is 11.5 Å². The van der Waals surface area contributed by atoms with Crippen LogP contribution in [-0.2, 0) is 4.74 Å². The molecule has 0 fully saturated rings. The second-order valence-electron chi connectivity index (χ2n) is 8.16. The van der Waals surface area contributed by atoms with Gasteiger partial charge in [0.15, 0.2) is 0 Å². The lowest BCUT2D eigenvalue weighted by molar-refractivity contribution is 0.0601. The Hall–Kier alpha value is -2.88. The number of ether oxygens (including phenoxy) is 1. The number of hydrogen-bond donors (Lipinski definition) is 0. The van der Waals surface area contributed by atoms with Crippen LogP contribution >= 0.6 is 0 Å². The van der Waals surface area contributed by atoms with Crippen molar-refractivity contribution in [3.05, 3.63) is 64.7 Å². The summed E-state index contributed by atoms with van der Waals surface area (Å²) in [6.45, 7) is 11.9. The van der Waals surface area contributed by atoms with Gasteiger partial charge in [0.05, 0.1) is 23.9 Å². The first-order valence-corrected chi connectivity index (χ1v) is 10.1. The fourth-order valence-corrected chi connectivity index (χ4v) is 3.95. The molecule has 0 aliphatic carbocycles. The van der Waals surface area contributed by atoms with Gasteiger partial charge in [0, 0.05) is 24.0 Å². The molecule has 0 amide bonds. The number of nitrogens with zero attached hydrogens (tertiary/aromatic N) is 2. The topological polar surface area (TPSA) is 41.9 Å². The van der Waals surface area contributed by atoms with Gasteiger partial charge >= 0.3 is 5.97 Å². The Kier molecular flexibility index (Phi) is 5.92. The molecule has 1 aliphatic heterocycles. The maximum atomic E-state index is 11.8. The number of methoxy groups -OCH3 is 1. The number of aryl methyl sites for hydroxylation is 1. The van der Waals surface area contributed by atoms with E-state index in [1.165, 1.54) is 23.9 Å². The Balaban J connectivity index is 1.95. The molecule has 0 radical (unpaired) electrons. The Bertz CT molecular complexity index is 986. The normalized spacial score (nSPS) is 15.2. The molecule has 29 heavy (non-hydrogen) atoms. The predicted molar refractivity (Wildman–Crippen MR) is 122 cm³/mol. The predicted octanol–water partition coefficient (Wildman–Crippen LogP) is 5.94. The van der Waals surface area contributed by atoms with Crippen LogP contribution in [0.3, 0.4) is 0 Å². The maximum absolute atomic E-state index is 11.8. The minimum Gasteiger partial charge on any atom is -0.465 e. The van der Waals surface area contributed by atoms with Gasteiger partial charge in [-0.25, -0.2) is 4.79 Å². The zero-order valence-corrected chi connectivity index (χ0v) is 18.2. The van der Waals surface area contributed by atoms with E-state index < -0.39 is 0 Å². The number of carbonyl (C=O) groups excluding carboxylic acids is 1. The number of benzene rings is 2. The van der Waals surface area contributed by atoms with E-state index in [1.54, 1.807) is 12.1 Å². The summed E-state index contributed by atoms with van der Waals surface area (Å²) in [6, 6.07) is 11.9. The minimum absolute atomic E-state index is 0.00807. The van der Waals surface area contributed by atoms with Crippen molar-refractivity contribution < 1.29 is 9.53 Å². The lowest BCUT2D eigenvalue weighted by atomic mass is 9.88. The van der Waals surface area contributed by atoms with Gasteiger partial charge in [-0.1, -0.05) is 25.1 Å². The number of allylic oxidation sites excluding steroid dienone is 1. The summed E-state index contributed by atoms with van der Waals surface area (Å²) in [7, 11) is 1.39. The van der Waals surface area contributed by atoms with Gasteiger partial charge in [-0.2, -0.15) is 0 Å². The lowest BCUT2D eigenvalue weighted by Gasteiger charge is -2.43. The van der Waals surface area contributed by atoms with Crippen molar-refractivity contribution in [1.82, 2.24) is 0 Å². The van der Waals surface area contributed by atoms with Crippen LogP contribution < -0.4 is 4.90 Å². The monoisotopic (exact) mass is 390 g/mol. The molecule has 2 aromatic rings. The number of rotatable bonds is 5. The number of fused-ring (bicyclic) bond motifs is 1. The Labute approximate surface area is 173 Å². The van der Waals surface area contributed by atoms with Crippen LogP contribution in [0.4, 0.5) is 11.4 Å². The van der Waals surface area contributed by atoms with Crippen molar-refractivity contribution in [3.63, 3.8) is 0 Å². The van der Waals surface area contributed by atoms with Crippen molar-refractivity contribution in [2.75, 3.05) is 18.6 Å². The standard InChI is InChI=1S/C25H30N2O2/c1-7-12-27-23-11-9-19(13-21(23)18(3)15-25(27,4)5)16-26-22-14-20(24(28)29-6)10-8-17(22)2/h8-11,13-16H,7,12H2,1-6H3. The second-order valence-corrected chi connectivity index (χ2v) is 8.16. The molecular formula is C25H30N2O2. The Morgan fingerprint density at radius 2 is 1.93 bits per heavy atom. The van der Waals surface area contributed by atoms with Crippen molar-refractivity contribution in [1.29, 1.82) is 0 Å². The summed E-state index contributed by atoms with van der Waals surface area (Å²) < 4.78 is 4.81. The van der Waals surface area contributed by atoms with Gasteiger partial charge in [0.1, 0.15) is 0 Å². The fraction of sp³-hybridized carbons (Fsp3) is 0.360. The molecule has 0 aromatic heterocycles. The van der Waals surface area contributed by atoms with E-state index in [0.717, 1.165) is 29.8 Å². The SMILES string of the molecule is CCCN1c2ccc(C=Nc3cc(C(=O)OC)ccc3C)cc2C(C)=CC1(C)C. The smallest absolute Gasteiger partial charge is 0.337 e. The zero-order chi connectivity index (χ0) is 21.2. The van der Waals surface area contributed by atoms with Crippen molar-refractivity contribution in [2.24, 2.45) is 4.99 Å². The molecule has 2 aromatic carbocycles. The molecular weight excluding hydrogens is 360 g/mol. The third kappa shape index (κ3) is 4.26. The highest BCUT2D eigenvalue weighted by Gasteiger charge is 2.30. The van der Waals surface area contributed by atoms with Crippen molar-refractivity contribution in [2.45, 2.75) is 46.6 Å². The number of hydrogen-bond acceptors (Lipinski definition) is 4. The van der Waals surface area contributed by atoms with Gasteiger partial charge in [-0.15, -0.1) is 0 Å². The molecule has 1 heterocycles. The summed E-state index contributed by atoms with van der Waals surface area (Å²) in [6.07, 6.45) is 5.31.